The summed E-state index contributed by atoms with van der Waals surface area (Å²) in [4.78, 5) is 24.8. The molecule has 25 heavy (non-hydrogen) atoms. The van der Waals surface area contributed by atoms with Crippen LogP contribution in [0.4, 0.5) is 0 Å². The zero-order valence-corrected chi connectivity index (χ0v) is 14.6. The van der Waals surface area contributed by atoms with E-state index in [2.05, 4.69) is 0 Å². The van der Waals surface area contributed by atoms with Crippen molar-refractivity contribution in [3.8, 4) is 5.75 Å². The van der Waals surface area contributed by atoms with E-state index >= 15 is 0 Å². The molecular weight excluding hydrogens is 356 g/mol. The van der Waals surface area contributed by atoms with Gasteiger partial charge >= 0.3 is 5.97 Å². The molecule has 0 spiro atoms. The molecule has 0 aliphatic rings. The fourth-order valence-corrected chi connectivity index (χ4v) is 2.86. The number of para-hydroxylation sites is 1. The van der Waals surface area contributed by atoms with Crippen molar-refractivity contribution in [3.05, 3.63) is 93.1 Å². The number of esters is 1. The van der Waals surface area contributed by atoms with Crippen molar-refractivity contribution in [1.29, 1.82) is 0 Å². The van der Waals surface area contributed by atoms with Crippen LogP contribution in [0.2, 0.25) is 5.02 Å². The summed E-state index contributed by atoms with van der Waals surface area (Å²) in [5.74, 6) is -0.169. The fraction of sp³-hybridized carbons (Fsp3) is 0. The molecule has 0 amide bonds. The van der Waals surface area contributed by atoms with Crippen molar-refractivity contribution in [2.75, 3.05) is 0 Å². The second kappa shape index (κ2) is 7.92. The second-order valence-electron chi connectivity index (χ2n) is 5.11. The second-order valence-corrected chi connectivity index (χ2v) is 6.49. The average molecular weight is 369 g/mol. The van der Waals surface area contributed by atoms with E-state index in [1.54, 1.807) is 60.7 Å². The number of hydrogen-bond acceptors (Lipinski definition) is 4. The maximum Gasteiger partial charge on any atom is 0.353 e. The first kappa shape index (κ1) is 17.1. The highest BCUT2D eigenvalue weighted by atomic mass is 35.5. The maximum atomic E-state index is 12.2. The summed E-state index contributed by atoms with van der Waals surface area (Å²) in [5, 5.41) is 2.39. The van der Waals surface area contributed by atoms with Crippen LogP contribution >= 0.6 is 22.9 Å². The molecule has 0 saturated heterocycles. The van der Waals surface area contributed by atoms with Gasteiger partial charge in [-0.25, -0.2) is 4.79 Å². The zero-order valence-electron chi connectivity index (χ0n) is 13.0. The number of allylic oxidation sites excluding steroid dienone is 1. The predicted molar refractivity (Wildman–Crippen MR) is 101 cm³/mol. The van der Waals surface area contributed by atoms with E-state index in [1.165, 1.54) is 17.4 Å². The van der Waals surface area contributed by atoms with Crippen LogP contribution in [0.3, 0.4) is 0 Å². The lowest BCUT2D eigenvalue weighted by Gasteiger charge is -2.06. The molecule has 0 fully saturated rings. The summed E-state index contributed by atoms with van der Waals surface area (Å²) in [6.45, 7) is 0. The number of hydrogen-bond donors (Lipinski definition) is 0. The summed E-state index contributed by atoms with van der Waals surface area (Å²) in [6.07, 6.45) is 3.08. The third kappa shape index (κ3) is 4.44. The van der Waals surface area contributed by atoms with Crippen LogP contribution in [-0.2, 0) is 0 Å². The minimum absolute atomic E-state index is 0.156. The summed E-state index contributed by atoms with van der Waals surface area (Å²) in [7, 11) is 0. The van der Waals surface area contributed by atoms with Crippen LogP contribution in [0, 0.1) is 0 Å². The molecule has 3 nitrogen and oxygen atoms in total. The largest absolute Gasteiger partial charge is 0.422 e. The highest BCUT2D eigenvalue weighted by Gasteiger charge is 2.11. The van der Waals surface area contributed by atoms with E-state index in [1.807, 2.05) is 11.4 Å². The van der Waals surface area contributed by atoms with Gasteiger partial charge in [0.2, 0.25) is 0 Å². The van der Waals surface area contributed by atoms with Gasteiger partial charge in [0, 0.05) is 16.1 Å². The SMILES string of the molecule is O=C(/C=C/c1ccccc1OC(=O)c1cccs1)c1ccc(Cl)cc1. The van der Waals surface area contributed by atoms with Crippen LogP contribution in [0.1, 0.15) is 25.6 Å². The van der Waals surface area contributed by atoms with E-state index < -0.39 is 5.97 Å². The fourth-order valence-electron chi connectivity index (χ4n) is 2.13. The van der Waals surface area contributed by atoms with Crippen molar-refractivity contribution in [1.82, 2.24) is 0 Å². The van der Waals surface area contributed by atoms with Gasteiger partial charge in [0.25, 0.3) is 0 Å². The molecule has 0 unspecified atom stereocenters. The topological polar surface area (TPSA) is 43.4 Å². The highest BCUT2D eigenvalue weighted by Crippen LogP contribution is 2.22. The highest BCUT2D eigenvalue weighted by molar-refractivity contribution is 7.12. The average Bonchev–Trinajstić information content (AvgIpc) is 3.16. The Bertz CT molecular complexity index is 912. The Labute approximate surface area is 154 Å². The molecule has 0 radical (unpaired) electrons. The first-order valence-corrected chi connectivity index (χ1v) is 8.72. The Morgan fingerprint density at radius 2 is 1.72 bits per heavy atom. The van der Waals surface area contributed by atoms with E-state index in [4.69, 9.17) is 16.3 Å². The van der Waals surface area contributed by atoms with E-state index in [9.17, 15) is 9.59 Å². The molecule has 5 heteroatoms. The lowest BCUT2D eigenvalue weighted by atomic mass is 10.1. The van der Waals surface area contributed by atoms with Gasteiger partial charge in [0.05, 0.1) is 0 Å². The lowest BCUT2D eigenvalue weighted by molar-refractivity contribution is 0.0739. The number of carbonyl (C=O) groups is 2. The monoisotopic (exact) mass is 368 g/mol. The predicted octanol–water partition coefficient (Wildman–Crippen LogP) is 5.52. The summed E-state index contributed by atoms with van der Waals surface area (Å²) >= 11 is 7.14. The molecule has 0 bridgehead atoms. The van der Waals surface area contributed by atoms with Gasteiger partial charge in [0.1, 0.15) is 10.6 Å². The molecule has 1 aromatic heterocycles. The van der Waals surface area contributed by atoms with Gasteiger partial charge in [-0.1, -0.05) is 35.9 Å². The van der Waals surface area contributed by atoms with E-state index in [0.29, 0.717) is 26.8 Å². The molecule has 124 valence electrons. The minimum atomic E-state index is -0.417. The standard InChI is InChI=1S/C20H13ClO3S/c21-16-10-7-14(8-11-16)17(22)12-9-15-4-1-2-5-18(15)24-20(23)19-6-3-13-25-19/h1-13H/b12-9+. The number of thiophene rings is 1. The molecule has 0 N–H and O–H groups in total. The van der Waals surface area contributed by atoms with Crippen molar-refractivity contribution in [3.63, 3.8) is 0 Å². The number of ether oxygens (including phenoxy) is 1. The van der Waals surface area contributed by atoms with Crippen LogP contribution in [0.25, 0.3) is 6.08 Å². The smallest absolute Gasteiger partial charge is 0.353 e. The molecule has 0 atom stereocenters. The number of rotatable bonds is 5. The quantitative estimate of drug-likeness (QED) is 0.258. The third-order valence-corrected chi connectivity index (χ3v) is 4.49. The van der Waals surface area contributed by atoms with Crippen molar-refractivity contribution in [2.45, 2.75) is 0 Å². The number of ketones is 1. The van der Waals surface area contributed by atoms with Gasteiger partial charge in [0.15, 0.2) is 5.78 Å². The first-order valence-electron chi connectivity index (χ1n) is 7.46. The van der Waals surface area contributed by atoms with Gasteiger partial charge in [-0.2, -0.15) is 0 Å². The van der Waals surface area contributed by atoms with Crippen molar-refractivity contribution < 1.29 is 14.3 Å². The van der Waals surface area contributed by atoms with Gasteiger partial charge in [-0.3, -0.25) is 4.79 Å². The summed E-state index contributed by atoms with van der Waals surface area (Å²) < 4.78 is 5.44. The van der Waals surface area contributed by atoms with Crippen molar-refractivity contribution in [2.24, 2.45) is 0 Å². The van der Waals surface area contributed by atoms with Crippen LogP contribution < -0.4 is 4.74 Å². The number of benzene rings is 2. The van der Waals surface area contributed by atoms with Crippen LogP contribution in [-0.4, -0.2) is 11.8 Å². The summed E-state index contributed by atoms with van der Waals surface area (Å²) in [5.41, 5.74) is 1.18. The molecular formula is C20H13ClO3S. The van der Waals surface area contributed by atoms with Gasteiger partial charge < -0.3 is 4.74 Å². The minimum Gasteiger partial charge on any atom is -0.422 e. The lowest BCUT2D eigenvalue weighted by Crippen LogP contribution is -2.07. The Balaban J connectivity index is 1.77. The number of halogens is 1. The Morgan fingerprint density at radius 3 is 2.44 bits per heavy atom. The third-order valence-electron chi connectivity index (χ3n) is 3.39. The van der Waals surface area contributed by atoms with Crippen molar-refractivity contribution >= 4 is 40.8 Å². The van der Waals surface area contributed by atoms with Crippen LogP contribution in [0.15, 0.2) is 72.1 Å². The van der Waals surface area contributed by atoms with E-state index in [0.717, 1.165) is 0 Å². The molecule has 0 aliphatic heterocycles. The van der Waals surface area contributed by atoms with E-state index in [-0.39, 0.29) is 5.78 Å². The Hall–Kier alpha value is -2.69. The molecule has 1 heterocycles. The summed E-state index contributed by atoms with van der Waals surface area (Å²) in [6, 6.07) is 17.2. The van der Waals surface area contributed by atoms with Gasteiger partial charge in [-0.05, 0) is 53.9 Å². The molecule has 0 saturated carbocycles. The number of carbonyl (C=O) groups excluding carboxylic acids is 2. The zero-order chi connectivity index (χ0) is 17.6. The Kier molecular flexibility index (Phi) is 5.43. The Morgan fingerprint density at radius 1 is 0.960 bits per heavy atom. The van der Waals surface area contributed by atoms with Gasteiger partial charge in [-0.15, -0.1) is 11.3 Å². The van der Waals surface area contributed by atoms with Crippen LogP contribution in [0.5, 0.6) is 5.75 Å². The molecule has 3 aromatic rings. The molecule has 3 rings (SSSR count). The molecule has 2 aromatic carbocycles. The first-order chi connectivity index (χ1) is 12.1. The molecule has 0 aliphatic carbocycles. The normalized spacial score (nSPS) is 10.8. The maximum absolute atomic E-state index is 12.2.